The van der Waals surface area contributed by atoms with Gasteiger partial charge in [-0.1, -0.05) is 30.3 Å². The van der Waals surface area contributed by atoms with E-state index in [0.29, 0.717) is 31.2 Å². The molecule has 0 N–H and O–H groups in total. The molecule has 126 valence electrons. The third-order valence-electron chi connectivity index (χ3n) is 4.08. The number of carbonyl (C=O) groups excluding carboxylic acids is 1. The number of ether oxygens (including phenoxy) is 2. The first kappa shape index (κ1) is 16.5. The average Bonchev–Trinajstić information content (AvgIpc) is 2.62. The average molecular weight is 326 g/mol. The summed E-state index contributed by atoms with van der Waals surface area (Å²) in [6.45, 7) is 5.57. The van der Waals surface area contributed by atoms with Gasteiger partial charge in [-0.25, -0.2) is 4.98 Å². The molecule has 1 aliphatic rings. The molecule has 0 spiro atoms. The normalized spacial score (nSPS) is 20.7. The van der Waals surface area contributed by atoms with Gasteiger partial charge in [0.05, 0.1) is 18.8 Å². The van der Waals surface area contributed by atoms with Crippen LogP contribution in [0, 0.1) is 0 Å². The number of pyridine rings is 1. The van der Waals surface area contributed by atoms with Crippen LogP contribution in [-0.2, 0) is 11.3 Å². The standard InChI is InChI=1S/C19H22N2O3/c1-14-12-23-15(2)11-21(14)19(22)17-8-9-20-18(10-17)24-13-16-6-4-3-5-7-16/h3-10,14-15H,11-13H2,1-2H3. The molecule has 0 saturated carbocycles. The number of hydrogen-bond acceptors (Lipinski definition) is 4. The number of amides is 1. The summed E-state index contributed by atoms with van der Waals surface area (Å²) in [4.78, 5) is 18.8. The Morgan fingerprint density at radius 3 is 2.88 bits per heavy atom. The second kappa shape index (κ2) is 7.45. The Bertz CT molecular complexity index is 690. The fraction of sp³-hybridized carbons (Fsp3) is 0.368. The third kappa shape index (κ3) is 3.92. The summed E-state index contributed by atoms with van der Waals surface area (Å²) in [5.41, 5.74) is 1.65. The molecule has 5 nitrogen and oxygen atoms in total. The van der Waals surface area contributed by atoms with Crippen LogP contribution in [0.4, 0.5) is 0 Å². The zero-order valence-electron chi connectivity index (χ0n) is 14.0. The maximum Gasteiger partial charge on any atom is 0.254 e. The van der Waals surface area contributed by atoms with Crippen LogP contribution in [0.15, 0.2) is 48.7 Å². The van der Waals surface area contributed by atoms with Crippen molar-refractivity contribution in [2.75, 3.05) is 13.2 Å². The number of aromatic nitrogens is 1. The van der Waals surface area contributed by atoms with Crippen molar-refractivity contribution in [3.05, 3.63) is 59.8 Å². The summed E-state index contributed by atoms with van der Waals surface area (Å²) in [6, 6.07) is 13.4. The van der Waals surface area contributed by atoms with Crippen LogP contribution < -0.4 is 4.74 Å². The van der Waals surface area contributed by atoms with Gasteiger partial charge in [0.2, 0.25) is 5.88 Å². The van der Waals surface area contributed by atoms with Crippen molar-refractivity contribution in [3.63, 3.8) is 0 Å². The number of benzene rings is 1. The van der Waals surface area contributed by atoms with Crippen molar-refractivity contribution in [3.8, 4) is 5.88 Å². The lowest BCUT2D eigenvalue weighted by Gasteiger charge is -2.36. The molecule has 24 heavy (non-hydrogen) atoms. The Kier molecular flexibility index (Phi) is 5.11. The summed E-state index contributed by atoms with van der Waals surface area (Å²) in [5.74, 6) is 0.447. The predicted molar refractivity (Wildman–Crippen MR) is 90.9 cm³/mol. The minimum atomic E-state index is -0.00962. The number of carbonyl (C=O) groups is 1. The van der Waals surface area contributed by atoms with E-state index in [2.05, 4.69) is 4.98 Å². The highest BCUT2D eigenvalue weighted by Gasteiger charge is 2.28. The number of rotatable bonds is 4. The lowest BCUT2D eigenvalue weighted by atomic mass is 10.1. The van der Waals surface area contributed by atoms with E-state index in [-0.39, 0.29) is 18.1 Å². The molecule has 0 bridgehead atoms. The zero-order chi connectivity index (χ0) is 16.9. The van der Waals surface area contributed by atoms with Crippen LogP contribution >= 0.6 is 0 Å². The van der Waals surface area contributed by atoms with E-state index in [4.69, 9.17) is 9.47 Å². The largest absolute Gasteiger partial charge is 0.473 e. The van der Waals surface area contributed by atoms with Crippen molar-refractivity contribution in [2.24, 2.45) is 0 Å². The Labute approximate surface area is 142 Å². The quantitative estimate of drug-likeness (QED) is 0.867. The first-order valence-corrected chi connectivity index (χ1v) is 8.19. The van der Waals surface area contributed by atoms with Gasteiger partial charge in [-0.3, -0.25) is 4.79 Å². The molecule has 0 radical (unpaired) electrons. The number of hydrogen-bond donors (Lipinski definition) is 0. The summed E-state index contributed by atoms with van der Waals surface area (Å²) in [6.07, 6.45) is 1.67. The molecule has 1 amide bonds. The first-order valence-electron chi connectivity index (χ1n) is 8.19. The summed E-state index contributed by atoms with van der Waals surface area (Å²) in [5, 5.41) is 0. The van der Waals surface area contributed by atoms with Crippen molar-refractivity contribution in [1.29, 1.82) is 0 Å². The summed E-state index contributed by atoms with van der Waals surface area (Å²) < 4.78 is 11.3. The Morgan fingerprint density at radius 1 is 1.29 bits per heavy atom. The fourth-order valence-electron chi connectivity index (χ4n) is 2.70. The summed E-state index contributed by atoms with van der Waals surface area (Å²) in [7, 11) is 0. The molecule has 0 aliphatic carbocycles. The van der Waals surface area contributed by atoms with Crippen LogP contribution in [0.25, 0.3) is 0 Å². The minimum absolute atomic E-state index is 0.00962. The number of nitrogens with zero attached hydrogens (tertiary/aromatic N) is 2. The number of morpholine rings is 1. The molecule has 3 rings (SSSR count). The van der Waals surface area contributed by atoms with E-state index in [1.165, 1.54) is 0 Å². The molecule has 1 aliphatic heterocycles. The third-order valence-corrected chi connectivity index (χ3v) is 4.08. The highest BCUT2D eigenvalue weighted by atomic mass is 16.5. The van der Waals surface area contributed by atoms with Crippen molar-refractivity contribution in [2.45, 2.75) is 32.6 Å². The molecule has 2 atom stereocenters. The molecule has 2 aromatic rings. The zero-order valence-corrected chi connectivity index (χ0v) is 14.0. The van der Waals surface area contributed by atoms with Crippen LogP contribution in [-0.4, -0.2) is 41.1 Å². The van der Waals surface area contributed by atoms with Gasteiger partial charge in [-0.05, 0) is 25.5 Å². The van der Waals surface area contributed by atoms with Gasteiger partial charge in [0, 0.05) is 24.4 Å². The minimum Gasteiger partial charge on any atom is -0.473 e. The second-order valence-electron chi connectivity index (χ2n) is 6.11. The first-order chi connectivity index (χ1) is 11.6. The maximum atomic E-state index is 12.8. The van der Waals surface area contributed by atoms with E-state index >= 15 is 0 Å². The van der Waals surface area contributed by atoms with E-state index in [0.717, 1.165) is 5.56 Å². The fourth-order valence-corrected chi connectivity index (χ4v) is 2.70. The Hall–Kier alpha value is -2.40. The van der Waals surface area contributed by atoms with Gasteiger partial charge < -0.3 is 14.4 Å². The smallest absolute Gasteiger partial charge is 0.254 e. The molecular formula is C19H22N2O3. The van der Waals surface area contributed by atoms with E-state index < -0.39 is 0 Å². The molecule has 1 fully saturated rings. The Morgan fingerprint density at radius 2 is 2.08 bits per heavy atom. The van der Waals surface area contributed by atoms with E-state index in [9.17, 15) is 4.79 Å². The molecule has 1 aromatic heterocycles. The van der Waals surface area contributed by atoms with E-state index in [1.807, 2.05) is 49.1 Å². The van der Waals surface area contributed by atoms with Crippen molar-refractivity contribution >= 4 is 5.91 Å². The topological polar surface area (TPSA) is 51.7 Å². The molecule has 2 heterocycles. The lowest BCUT2D eigenvalue weighted by Crippen LogP contribution is -2.50. The van der Waals surface area contributed by atoms with Gasteiger partial charge >= 0.3 is 0 Å². The van der Waals surface area contributed by atoms with Crippen LogP contribution in [0.5, 0.6) is 5.88 Å². The second-order valence-corrected chi connectivity index (χ2v) is 6.11. The van der Waals surface area contributed by atoms with Gasteiger partial charge in [0.1, 0.15) is 6.61 Å². The van der Waals surface area contributed by atoms with Crippen molar-refractivity contribution in [1.82, 2.24) is 9.88 Å². The SMILES string of the molecule is CC1CN(C(=O)c2ccnc(OCc3ccccc3)c2)C(C)CO1. The van der Waals surface area contributed by atoms with Crippen LogP contribution in [0.2, 0.25) is 0 Å². The lowest BCUT2D eigenvalue weighted by molar-refractivity contribution is -0.0387. The molecular weight excluding hydrogens is 304 g/mol. The Balaban J connectivity index is 1.69. The van der Waals surface area contributed by atoms with Gasteiger partial charge in [-0.15, -0.1) is 0 Å². The highest BCUT2D eigenvalue weighted by molar-refractivity contribution is 5.94. The van der Waals surface area contributed by atoms with E-state index in [1.54, 1.807) is 18.3 Å². The molecule has 2 unspecified atom stereocenters. The van der Waals surface area contributed by atoms with Crippen LogP contribution in [0.1, 0.15) is 29.8 Å². The summed E-state index contributed by atoms with van der Waals surface area (Å²) >= 11 is 0. The molecule has 1 aromatic carbocycles. The van der Waals surface area contributed by atoms with Gasteiger partial charge in [-0.2, -0.15) is 0 Å². The van der Waals surface area contributed by atoms with Gasteiger partial charge in [0.15, 0.2) is 0 Å². The molecule has 1 saturated heterocycles. The maximum absolute atomic E-state index is 12.8. The monoisotopic (exact) mass is 326 g/mol. The molecule has 5 heteroatoms. The highest BCUT2D eigenvalue weighted by Crippen LogP contribution is 2.18. The van der Waals surface area contributed by atoms with Crippen molar-refractivity contribution < 1.29 is 14.3 Å². The van der Waals surface area contributed by atoms with Crippen LogP contribution in [0.3, 0.4) is 0 Å². The predicted octanol–water partition coefficient (Wildman–Crippen LogP) is 2.91. The van der Waals surface area contributed by atoms with Gasteiger partial charge in [0.25, 0.3) is 5.91 Å².